The molecule has 0 spiro atoms. The van der Waals surface area contributed by atoms with Crippen molar-refractivity contribution in [3.63, 3.8) is 0 Å². The van der Waals surface area contributed by atoms with Gasteiger partial charge in [-0.1, -0.05) is 5.92 Å². The maximum absolute atomic E-state index is 5.80. The van der Waals surface area contributed by atoms with Crippen LogP contribution in [-0.2, 0) is 0 Å². The summed E-state index contributed by atoms with van der Waals surface area (Å²) in [4.78, 5) is 16.5. The Bertz CT molecular complexity index is 1330. The lowest BCUT2D eigenvalue weighted by atomic mass is 10.0. The third-order valence-corrected chi connectivity index (χ3v) is 7.64. The number of rotatable bonds is 7. The zero-order valence-electron chi connectivity index (χ0n) is 23.8. The predicted molar refractivity (Wildman–Crippen MR) is 158 cm³/mol. The van der Waals surface area contributed by atoms with Crippen LogP contribution in [0.25, 0.3) is 0 Å². The van der Waals surface area contributed by atoms with E-state index in [0.29, 0.717) is 29.2 Å². The molecule has 0 atom stereocenters. The van der Waals surface area contributed by atoms with Crippen LogP contribution < -0.4 is 24.4 Å². The highest BCUT2D eigenvalue weighted by atomic mass is 16.5. The highest BCUT2D eigenvalue weighted by Gasteiger charge is 2.27. The number of hydrogen-bond acceptors (Lipinski definition) is 9. The summed E-state index contributed by atoms with van der Waals surface area (Å²) in [5.41, 5.74) is 3.36. The first kappa shape index (κ1) is 27.6. The molecule has 9 heteroatoms. The molecule has 2 aliphatic heterocycles. The van der Waals surface area contributed by atoms with E-state index in [1.54, 1.807) is 33.6 Å². The zero-order chi connectivity index (χ0) is 27.9. The van der Waals surface area contributed by atoms with Gasteiger partial charge in [-0.3, -0.25) is 4.90 Å². The summed E-state index contributed by atoms with van der Waals surface area (Å²) in [6, 6.07) is 14.2. The van der Waals surface area contributed by atoms with Crippen molar-refractivity contribution >= 4 is 17.3 Å². The SMILES string of the molecule is COc1cc(C#Cc2ccnc(Nc3ccc(N4CCC(N5CCN(C)CC5)CC4)c(OC)c3)n2)cc(OC)c1. The second-order valence-electron chi connectivity index (χ2n) is 10.2. The van der Waals surface area contributed by atoms with E-state index >= 15 is 0 Å². The molecule has 2 saturated heterocycles. The highest BCUT2D eigenvalue weighted by Crippen LogP contribution is 2.34. The van der Waals surface area contributed by atoms with Crippen LogP contribution >= 0.6 is 0 Å². The lowest BCUT2D eigenvalue weighted by molar-refractivity contribution is 0.0981. The molecule has 2 aliphatic rings. The lowest BCUT2D eigenvalue weighted by Crippen LogP contribution is -2.52. The third kappa shape index (κ3) is 6.76. The number of piperazine rings is 1. The van der Waals surface area contributed by atoms with Gasteiger partial charge in [0, 0.05) is 74.9 Å². The van der Waals surface area contributed by atoms with Crippen LogP contribution in [0, 0.1) is 11.8 Å². The fourth-order valence-corrected chi connectivity index (χ4v) is 5.31. The normalized spacial score (nSPS) is 16.6. The Morgan fingerprint density at radius 3 is 2.23 bits per heavy atom. The van der Waals surface area contributed by atoms with Crippen molar-refractivity contribution in [2.24, 2.45) is 0 Å². The predicted octanol–water partition coefficient (Wildman–Crippen LogP) is 3.86. The molecule has 1 N–H and O–H groups in total. The van der Waals surface area contributed by atoms with Crippen molar-refractivity contribution in [1.29, 1.82) is 0 Å². The van der Waals surface area contributed by atoms with Gasteiger partial charge in [-0.15, -0.1) is 0 Å². The summed E-state index contributed by atoms with van der Waals surface area (Å²) < 4.78 is 16.5. The summed E-state index contributed by atoms with van der Waals surface area (Å²) in [7, 11) is 7.17. The van der Waals surface area contributed by atoms with Crippen molar-refractivity contribution in [3.8, 4) is 29.1 Å². The Balaban J connectivity index is 1.24. The molecule has 0 amide bonds. The van der Waals surface area contributed by atoms with Crippen LogP contribution in [0.1, 0.15) is 24.1 Å². The second kappa shape index (κ2) is 12.9. The van der Waals surface area contributed by atoms with Gasteiger partial charge in [-0.05, 0) is 56.1 Å². The van der Waals surface area contributed by atoms with E-state index in [-0.39, 0.29) is 0 Å². The Morgan fingerprint density at radius 1 is 0.825 bits per heavy atom. The van der Waals surface area contributed by atoms with Crippen LogP contribution in [0.5, 0.6) is 17.2 Å². The number of nitrogens with one attached hydrogen (secondary N) is 1. The van der Waals surface area contributed by atoms with Crippen LogP contribution in [0.15, 0.2) is 48.7 Å². The number of aromatic nitrogens is 2. The largest absolute Gasteiger partial charge is 0.497 e. The fourth-order valence-electron chi connectivity index (χ4n) is 5.31. The van der Waals surface area contributed by atoms with Gasteiger partial charge in [0.15, 0.2) is 0 Å². The molecule has 0 bridgehead atoms. The van der Waals surface area contributed by atoms with Gasteiger partial charge in [0.1, 0.15) is 22.9 Å². The molecular weight excluding hydrogens is 504 g/mol. The standard InChI is InChI=1S/C31H38N6O3/c1-35-15-17-36(18-16-35)26-10-13-37(14-11-26)29-8-7-25(21-30(29)40-4)34-31-32-12-9-24(33-31)6-5-23-19-27(38-2)22-28(20-23)39-3/h7-9,12,19-22,26H,10-11,13-18H2,1-4H3,(H,32,33,34). The molecule has 5 rings (SSSR count). The van der Waals surface area contributed by atoms with Crippen molar-refractivity contribution < 1.29 is 14.2 Å². The molecule has 2 aromatic carbocycles. The van der Waals surface area contributed by atoms with Gasteiger partial charge in [0.05, 0.1) is 27.0 Å². The Morgan fingerprint density at radius 2 is 1.55 bits per heavy atom. The van der Waals surface area contributed by atoms with E-state index in [9.17, 15) is 0 Å². The Hall–Kier alpha value is -4.00. The first-order chi connectivity index (χ1) is 19.5. The average Bonchev–Trinajstić information content (AvgIpc) is 3.00. The van der Waals surface area contributed by atoms with Crippen molar-refractivity contribution in [3.05, 3.63) is 59.9 Å². The first-order valence-corrected chi connectivity index (χ1v) is 13.8. The first-order valence-electron chi connectivity index (χ1n) is 13.8. The number of piperidine rings is 1. The van der Waals surface area contributed by atoms with E-state index < -0.39 is 0 Å². The topological polar surface area (TPSA) is 75.2 Å². The number of anilines is 3. The summed E-state index contributed by atoms with van der Waals surface area (Å²) in [6.45, 7) is 6.75. The van der Waals surface area contributed by atoms with E-state index in [1.165, 1.54) is 39.0 Å². The molecule has 210 valence electrons. The Kier molecular flexibility index (Phi) is 8.89. The highest BCUT2D eigenvalue weighted by molar-refractivity contribution is 5.67. The molecule has 0 radical (unpaired) electrons. The number of ether oxygens (including phenoxy) is 3. The van der Waals surface area contributed by atoms with E-state index in [0.717, 1.165) is 35.8 Å². The average molecular weight is 543 g/mol. The zero-order valence-corrected chi connectivity index (χ0v) is 23.8. The van der Waals surface area contributed by atoms with Crippen molar-refractivity contribution in [1.82, 2.24) is 19.8 Å². The smallest absolute Gasteiger partial charge is 0.228 e. The van der Waals surface area contributed by atoms with E-state index in [4.69, 9.17) is 14.2 Å². The number of benzene rings is 2. The van der Waals surface area contributed by atoms with Gasteiger partial charge in [-0.25, -0.2) is 9.97 Å². The summed E-state index contributed by atoms with van der Waals surface area (Å²) in [6.07, 6.45) is 4.05. The molecule has 9 nitrogen and oxygen atoms in total. The maximum atomic E-state index is 5.80. The van der Waals surface area contributed by atoms with Crippen LogP contribution in [0.2, 0.25) is 0 Å². The number of likely N-dealkylation sites (N-methyl/N-ethyl adjacent to an activating group) is 1. The molecular formula is C31H38N6O3. The van der Waals surface area contributed by atoms with Crippen molar-refractivity contribution in [2.75, 3.05) is 77.9 Å². The summed E-state index contributed by atoms with van der Waals surface area (Å²) in [5, 5.41) is 3.30. The third-order valence-electron chi connectivity index (χ3n) is 7.64. The van der Waals surface area contributed by atoms with E-state index in [1.807, 2.05) is 24.3 Å². The second-order valence-corrected chi connectivity index (χ2v) is 10.2. The van der Waals surface area contributed by atoms with Gasteiger partial charge >= 0.3 is 0 Å². The summed E-state index contributed by atoms with van der Waals surface area (Å²) >= 11 is 0. The monoisotopic (exact) mass is 542 g/mol. The van der Waals surface area contributed by atoms with Crippen LogP contribution in [0.4, 0.5) is 17.3 Å². The summed E-state index contributed by atoms with van der Waals surface area (Å²) in [5.74, 6) is 8.92. The minimum atomic E-state index is 0.470. The minimum absolute atomic E-state index is 0.470. The molecule has 0 aliphatic carbocycles. The molecule has 40 heavy (non-hydrogen) atoms. The molecule has 1 aromatic heterocycles. The van der Waals surface area contributed by atoms with Gasteiger partial charge in [0.25, 0.3) is 0 Å². The fraction of sp³-hybridized carbons (Fsp3) is 0.419. The van der Waals surface area contributed by atoms with Gasteiger partial charge in [0.2, 0.25) is 5.95 Å². The van der Waals surface area contributed by atoms with Crippen LogP contribution in [0.3, 0.4) is 0 Å². The Labute approximate surface area is 237 Å². The lowest BCUT2D eigenvalue weighted by Gasteiger charge is -2.42. The van der Waals surface area contributed by atoms with Crippen molar-refractivity contribution in [2.45, 2.75) is 18.9 Å². The molecule has 3 heterocycles. The molecule has 3 aromatic rings. The maximum Gasteiger partial charge on any atom is 0.228 e. The number of nitrogens with zero attached hydrogens (tertiary/aromatic N) is 5. The molecule has 0 saturated carbocycles. The molecule has 2 fully saturated rings. The quantitative estimate of drug-likeness (QED) is 0.448. The molecule has 0 unspecified atom stereocenters. The number of hydrogen-bond donors (Lipinski definition) is 1. The van der Waals surface area contributed by atoms with E-state index in [2.05, 4.69) is 61.0 Å². The van der Waals surface area contributed by atoms with Crippen LogP contribution in [-0.4, -0.2) is 93.5 Å². The van der Waals surface area contributed by atoms with Gasteiger partial charge in [-0.2, -0.15) is 0 Å². The van der Waals surface area contributed by atoms with Gasteiger partial charge < -0.3 is 29.3 Å². The minimum Gasteiger partial charge on any atom is -0.497 e. The number of methoxy groups -OCH3 is 3.